The third-order valence-corrected chi connectivity index (χ3v) is 4.34. The molecular weight excluding hydrogens is 370 g/mol. The predicted octanol–water partition coefficient (Wildman–Crippen LogP) is 2.33. The van der Waals surface area contributed by atoms with Crippen LogP contribution in [0.1, 0.15) is 6.92 Å². The van der Waals surface area contributed by atoms with Gasteiger partial charge in [0.05, 0.1) is 10.9 Å². The van der Waals surface area contributed by atoms with E-state index in [1.165, 1.54) is 0 Å². The maximum absolute atomic E-state index is 12.6. The van der Waals surface area contributed by atoms with E-state index in [0.29, 0.717) is 28.2 Å². The van der Waals surface area contributed by atoms with Crippen molar-refractivity contribution in [3.63, 3.8) is 0 Å². The summed E-state index contributed by atoms with van der Waals surface area (Å²) in [7, 11) is 0. The zero-order valence-corrected chi connectivity index (χ0v) is 15.0. The minimum atomic E-state index is -0.877. The lowest BCUT2D eigenvalue weighted by molar-refractivity contribution is -0.123. The van der Waals surface area contributed by atoms with Crippen LogP contribution in [0, 0.1) is 4.77 Å². The summed E-state index contributed by atoms with van der Waals surface area (Å²) in [5, 5.41) is 0.413. The van der Waals surface area contributed by atoms with Crippen molar-refractivity contribution in [1.82, 2.24) is 9.66 Å². The summed E-state index contributed by atoms with van der Waals surface area (Å²) in [6.45, 7) is 1.72. The van der Waals surface area contributed by atoms with E-state index in [2.05, 4.69) is 10.4 Å². The van der Waals surface area contributed by atoms with Crippen LogP contribution < -0.4 is 25.2 Å². The van der Waals surface area contributed by atoms with Gasteiger partial charge in [-0.3, -0.25) is 15.0 Å². The number of H-pyrrole nitrogens is 1. The molecule has 2 N–H and O–H groups in total. The van der Waals surface area contributed by atoms with Gasteiger partial charge in [-0.25, -0.2) is 0 Å². The summed E-state index contributed by atoms with van der Waals surface area (Å²) in [4.78, 5) is 28.0. The van der Waals surface area contributed by atoms with E-state index in [1.807, 2.05) is 0 Å². The smallest absolute Gasteiger partial charge is 0.281 e. The quantitative estimate of drug-likeness (QED) is 0.670. The fraction of sp³-hybridized carbons (Fsp3) is 0.167. The topological polar surface area (TPSA) is 94.6 Å². The zero-order chi connectivity index (χ0) is 19.0. The Morgan fingerprint density at radius 1 is 1.26 bits per heavy atom. The number of aromatic nitrogens is 2. The fourth-order valence-electron chi connectivity index (χ4n) is 2.67. The highest BCUT2D eigenvalue weighted by molar-refractivity contribution is 7.71. The van der Waals surface area contributed by atoms with Crippen molar-refractivity contribution < 1.29 is 19.0 Å². The van der Waals surface area contributed by atoms with Gasteiger partial charge in [0.1, 0.15) is 5.75 Å². The maximum atomic E-state index is 12.6. The largest absolute Gasteiger partial charge is 0.481 e. The van der Waals surface area contributed by atoms with Crippen molar-refractivity contribution in [1.29, 1.82) is 0 Å². The third-order valence-electron chi connectivity index (χ3n) is 4.05. The van der Waals surface area contributed by atoms with Gasteiger partial charge in [-0.2, -0.15) is 4.68 Å². The Kier molecular flexibility index (Phi) is 4.28. The van der Waals surface area contributed by atoms with E-state index in [0.717, 1.165) is 4.68 Å². The van der Waals surface area contributed by atoms with Crippen molar-refractivity contribution >= 4 is 29.0 Å². The lowest BCUT2D eigenvalue weighted by atomic mass is 10.2. The molecule has 3 aromatic rings. The van der Waals surface area contributed by atoms with Crippen molar-refractivity contribution in [2.45, 2.75) is 13.0 Å². The summed E-state index contributed by atoms with van der Waals surface area (Å²) < 4.78 is 17.2. The summed E-state index contributed by atoms with van der Waals surface area (Å²) >= 11 is 5.18. The molecule has 2 aromatic carbocycles. The molecule has 1 aromatic heterocycles. The first kappa shape index (κ1) is 17.1. The Morgan fingerprint density at radius 2 is 2.04 bits per heavy atom. The van der Waals surface area contributed by atoms with Crippen LogP contribution in [-0.2, 0) is 4.79 Å². The average Bonchev–Trinajstić information content (AvgIpc) is 3.12. The van der Waals surface area contributed by atoms with E-state index < -0.39 is 17.6 Å². The number of carbonyl (C=O) groups excluding carboxylic acids is 1. The van der Waals surface area contributed by atoms with Gasteiger partial charge in [0, 0.05) is 6.07 Å². The fourth-order valence-corrected chi connectivity index (χ4v) is 2.91. The molecule has 9 heteroatoms. The number of aromatic amines is 1. The number of nitrogens with one attached hydrogen (secondary N) is 2. The second-order valence-electron chi connectivity index (χ2n) is 5.87. The number of carbonyl (C=O) groups is 1. The van der Waals surface area contributed by atoms with Crippen LogP contribution >= 0.6 is 12.2 Å². The highest BCUT2D eigenvalue weighted by Crippen LogP contribution is 2.35. The van der Waals surface area contributed by atoms with Gasteiger partial charge >= 0.3 is 0 Å². The highest BCUT2D eigenvalue weighted by Gasteiger charge is 2.19. The molecular formula is C18H15N3O5S. The van der Waals surface area contributed by atoms with E-state index >= 15 is 0 Å². The van der Waals surface area contributed by atoms with Crippen LogP contribution in [0.5, 0.6) is 17.2 Å². The van der Waals surface area contributed by atoms with Crippen molar-refractivity contribution in [2.24, 2.45) is 0 Å². The van der Waals surface area contributed by atoms with Gasteiger partial charge < -0.3 is 19.2 Å². The molecule has 1 aliphatic heterocycles. The lowest BCUT2D eigenvalue weighted by Gasteiger charge is -2.16. The van der Waals surface area contributed by atoms with Gasteiger partial charge in [-0.15, -0.1) is 0 Å². The van der Waals surface area contributed by atoms with Crippen LogP contribution in [0.25, 0.3) is 10.9 Å². The molecule has 0 saturated heterocycles. The number of hydrogen-bond donors (Lipinski definition) is 2. The van der Waals surface area contributed by atoms with Crippen LogP contribution in [0.4, 0.5) is 0 Å². The molecule has 1 unspecified atom stereocenters. The number of para-hydroxylation sites is 1. The summed E-state index contributed by atoms with van der Waals surface area (Å²) in [6, 6.07) is 11.9. The first-order chi connectivity index (χ1) is 13.0. The molecule has 0 spiro atoms. The van der Waals surface area contributed by atoms with Gasteiger partial charge in [0.2, 0.25) is 6.79 Å². The van der Waals surface area contributed by atoms with Crippen LogP contribution in [-0.4, -0.2) is 28.5 Å². The Bertz CT molecular complexity index is 1150. The Morgan fingerprint density at radius 3 is 2.89 bits per heavy atom. The number of ether oxygens (including phenoxy) is 3. The maximum Gasteiger partial charge on any atom is 0.281 e. The number of rotatable bonds is 4. The van der Waals surface area contributed by atoms with Gasteiger partial charge in [0.15, 0.2) is 22.4 Å². The molecule has 1 amide bonds. The van der Waals surface area contributed by atoms with Gasteiger partial charge in [-0.05, 0) is 43.4 Å². The molecule has 2 heterocycles. The second kappa shape index (κ2) is 6.76. The Hall–Kier alpha value is -3.33. The molecule has 0 radical (unpaired) electrons. The van der Waals surface area contributed by atoms with Crippen molar-refractivity contribution in [2.75, 3.05) is 12.2 Å². The van der Waals surface area contributed by atoms with Crippen molar-refractivity contribution in [3.05, 3.63) is 57.6 Å². The first-order valence-corrected chi connectivity index (χ1v) is 8.55. The summed E-state index contributed by atoms with van der Waals surface area (Å²) in [5.41, 5.74) is 2.67. The minimum absolute atomic E-state index is 0.0855. The molecule has 4 rings (SSSR count). The highest BCUT2D eigenvalue weighted by atomic mass is 32.1. The van der Waals surface area contributed by atoms with E-state index in [-0.39, 0.29) is 11.6 Å². The molecule has 138 valence electrons. The molecule has 0 aliphatic carbocycles. The van der Waals surface area contributed by atoms with Gasteiger partial charge in [-0.1, -0.05) is 12.1 Å². The predicted molar refractivity (Wildman–Crippen MR) is 100 cm³/mol. The molecule has 1 aliphatic rings. The average molecular weight is 385 g/mol. The second-order valence-corrected chi connectivity index (χ2v) is 6.25. The first-order valence-electron chi connectivity index (χ1n) is 8.14. The summed E-state index contributed by atoms with van der Waals surface area (Å²) in [6.07, 6.45) is -0.877. The van der Waals surface area contributed by atoms with Crippen LogP contribution in [0.3, 0.4) is 0 Å². The standard InChI is InChI=1S/C18H15N3O5S/c1-10(26-11-6-7-14-15(8-11)25-9-24-14)16(22)20-21-17(23)12-4-2-3-5-13(12)19-18(21)27/h2-8,10H,9H2,1H3,(H,19,27)(H,20,22). The number of fused-ring (bicyclic) bond motifs is 2. The third kappa shape index (κ3) is 3.24. The SMILES string of the molecule is CC(Oc1ccc2c(c1)OCO2)C(=O)Nn1c(=S)[nH]c2ccccc2c1=O. The molecule has 0 saturated carbocycles. The van der Waals surface area contributed by atoms with Crippen LogP contribution in [0.15, 0.2) is 47.3 Å². The van der Waals surface area contributed by atoms with Gasteiger partial charge in [0.25, 0.3) is 11.5 Å². The van der Waals surface area contributed by atoms with E-state index in [9.17, 15) is 9.59 Å². The summed E-state index contributed by atoms with van der Waals surface area (Å²) in [5.74, 6) is 1.09. The molecule has 27 heavy (non-hydrogen) atoms. The Balaban J connectivity index is 1.54. The number of amides is 1. The Labute approximate surface area is 158 Å². The number of nitrogens with zero attached hydrogens (tertiary/aromatic N) is 1. The number of benzene rings is 2. The number of hydrogen-bond acceptors (Lipinski definition) is 6. The molecule has 0 bridgehead atoms. The molecule has 1 atom stereocenters. The monoisotopic (exact) mass is 385 g/mol. The lowest BCUT2D eigenvalue weighted by Crippen LogP contribution is -2.40. The zero-order valence-electron chi connectivity index (χ0n) is 14.2. The van der Waals surface area contributed by atoms with Crippen molar-refractivity contribution in [3.8, 4) is 17.2 Å². The van der Waals surface area contributed by atoms with E-state index in [1.54, 1.807) is 49.4 Å². The molecule has 0 fully saturated rings. The normalized spacial score (nSPS) is 13.4. The van der Waals surface area contributed by atoms with Crippen LogP contribution in [0.2, 0.25) is 0 Å². The van der Waals surface area contributed by atoms with E-state index in [4.69, 9.17) is 26.4 Å². The minimum Gasteiger partial charge on any atom is -0.481 e. The molecule has 8 nitrogen and oxygen atoms in total.